The molecule has 3 rings (SSSR count). The Hall–Kier alpha value is -1.38. The number of nitrogens with one attached hydrogen (secondary N) is 2. The van der Waals surface area contributed by atoms with Crippen LogP contribution >= 0.6 is 0 Å². The molecule has 122 valence electrons. The van der Waals surface area contributed by atoms with Crippen molar-refractivity contribution in [1.29, 1.82) is 10.8 Å². The fourth-order valence-corrected chi connectivity index (χ4v) is 3.42. The molecule has 1 heterocycles. The molecule has 2 aliphatic rings. The van der Waals surface area contributed by atoms with Gasteiger partial charge in [0.2, 0.25) is 0 Å². The van der Waals surface area contributed by atoms with Gasteiger partial charge in [-0.25, -0.2) is 0 Å². The predicted octanol–water partition coefficient (Wildman–Crippen LogP) is 5.06. The molecule has 2 saturated carbocycles. The van der Waals surface area contributed by atoms with Gasteiger partial charge < -0.3 is 0 Å². The summed E-state index contributed by atoms with van der Waals surface area (Å²) < 4.78 is 1.53. The van der Waals surface area contributed by atoms with Gasteiger partial charge in [0.15, 0.2) is 0 Å². The molecule has 1 atom stereocenters. The fourth-order valence-electron chi connectivity index (χ4n) is 3.42. The van der Waals surface area contributed by atoms with Gasteiger partial charge in [0.25, 0.3) is 0 Å². The molecule has 1 unspecified atom stereocenters. The Morgan fingerprint density at radius 2 is 1.77 bits per heavy atom. The Balaban J connectivity index is 0.000000246. The van der Waals surface area contributed by atoms with Crippen LogP contribution in [-0.4, -0.2) is 10.9 Å². The van der Waals surface area contributed by atoms with Gasteiger partial charge in [-0.05, 0) is 48.8 Å². The van der Waals surface area contributed by atoms with Crippen LogP contribution in [0.4, 0.5) is 0 Å². The van der Waals surface area contributed by atoms with Gasteiger partial charge in [-0.3, -0.25) is 15.4 Å². The summed E-state index contributed by atoms with van der Waals surface area (Å²) in [5, 5.41) is 15.0. The first kappa shape index (κ1) is 17.0. The molecule has 3 nitrogen and oxygen atoms in total. The first-order valence-electron chi connectivity index (χ1n) is 9.03. The van der Waals surface area contributed by atoms with Gasteiger partial charge in [0.05, 0.1) is 6.34 Å². The molecule has 2 N–H and O–H groups in total. The summed E-state index contributed by atoms with van der Waals surface area (Å²) in [5.74, 6) is 1.48. The highest BCUT2D eigenvalue weighted by Crippen LogP contribution is 2.44. The summed E-state index contributed by atoms with van der Waals surface area (Å²) in [4.78, 5) is 0. The third-order valence-electron chi connectivity index (χ3n) is 4.87. The zero-order valence-corrected chi connectivity index (χ0v) is 14.0. The van der Waals surface area contributed by atoms with Crippen LogP contribution in [0.15, 0.2) is 18.3 Å². The molecular formula is C19H31N3. The number of rotatable bonds is 5. The van der Waals surface area contributed by atoms with Gasteiger partial charge in [-0.1, -0.05) is 51.9 Å². The minimum Gasteiger partial charge on any atom is -0.293 e. The minimum atomic E-state index is 0.411. The van der Waals surface area contributed by atoms with Crippen molar-refractivity contribution in [3.63, 3.8) is 0 Å². The molecule has 0 bridgehead atoms. The van der Waals surface area contributed by atoms with E-state index in [1.54, 1.807) is 0 Å². The van der Waals surface area contributed by atoms with Crippen molar-refractivity contribution in [2.45, 2.75) is 77.0 Å². The highest BCUT2D eigenvalue weighted by molar-refractivity contribution is 5.53. The van der Waals surface area contributed by atoms with Crippen LogP contribution in [-0.2, 0) is 0 Å². The van der Waals surface area contributed by atoms with E-state index in [1.165, 1.54) is 80.7 Å². The first-order chi connectivity index (χ1) is 10.8. The largest absolute Gasteiger partial charge is 0.293 e. The van der Waals surface area contributed by atoms with Gasteiger partial charge in [0, 0.05) is 6.20 Å². The molecular weight excluding hydrogens is 270 g/mol. The van der Waals surface area contributed by atoms with E-state index in [2.05, 4.69) is 13.0 Å². The van der Waals surface area contributed by atoms with E-state index in [4.69, 9.17) is 10.8 Å². The molecule has 0 amide bonds. The van der Waals surface area contributed by atoms with E-state index >= 15 is 0 Å². The summed E-state index contributed by atoms with van der Waals surface area (Å²) in [6.45, 7) is 2.22. The summed E-state index contributed by atoms with van der Waals surface area (Å²) in [7, 11) is 0. The molecule has 2 fully saturated rings. The third-order valence-corrected chi connectivity index (χ3v) is 4.87. The molecule has 22 heavy (non-hydrogen) atoms. The molecule has 0 aromatic carbocycles. The van der Waals surface area contributed by atoms with Crippen LogP contribution < -0.4 is 5.49 Å². The van der Waals surface area contributed by atoms with E-state index in [9.17, 15) is 0 Å². The van der Waals surface area contributed by atoms with Crippen LogP contribution in [0.1, 0.15) is 82.6 Å². The molecule has 1 aromatic heterocycles. The SMILES string of the molecule is C1CCCCC1.CCCC(c1ccn(C=N)c(=N)c1)C1CC1. The lowest BCUT2D eigenvalue weighted by Crippen LogP contribution is -2.19. The molecule has 2 aliphatic carbocycles. The average molecular weight is 301 g/mol. The lowest BCUT2D eigenvalue weighted by atomic mass is 9.91. The van der Waals surface area contributed by atoms with Crippen molar-refractivity contribution in [3.8, 4) is 0 Å². The zero-order chi connectivity index (χ0) is 15.8. The highest BCUT2D eigenvalue weighted by Gasteiger charge is 2.31. The topological polar surface area (TPSA) is 52.6 Å². The van der Waals surface area contributed by atoms with E-state index in [0.29, 0.717) is 11.4 Å². The lowest BCUT2D eigenvalue weighted by molar-refractivity contribution is 0.504. The third kappa shape index (κ3) is 5.11. The number of hydrogen-bond acceptors (Lipinski definition) is 2. The number of nitrogens with zero attached hydrogens (tertiary/aromatic N) is 1. The van der Waals surface area contributed by atoms with Crippen molar-refractivity contribution >= 4 is 6.34 Å². The lowest BCUT2D eigenvalue weighted by Gasteiger charge is -2.16. The smallest absolute Gasteiger partial charge is 0.130 e. The maximum atomic E-state index is 7.81. The fraction of sp³-hybridized carbons (Fsp3) is 0.684. The van der Waals surface area contributed by atoms with Crippen LogP contribution in [0.3, 0.4) is 0 Å². The number of hydrogen-bond donors (Lipinski definition) is 2. The second-order valence-electron chi connectivity index (χ2n) is 6.74. The van der Waals surface area contributed by atoms with Crippen molar-refractivity contribution in [1.82, 2.24) is 4.57 Å². The van der Waals surface area contributed by atoms with Gasteiger partial charge in [-0.2, -0.15) is 0 Å². The Labute approximate surface area is 134 Å². The normalized spacial score (nSPS) is 19.0. The van der Waals surface area contributed by atoms with E-state index in [1.807, 2.05) is 12.3 Å². The summed E-state index contributed by atoms with van der Waals surface area (Å²) in [6.07, 6.45) is 17.1. The molecule has 1 aromatic rings. The Kier molecular flexibility index (Phi) is 6.88. The molecule has 0 radical (unpaired) electrons. The Morgan fingerprint density at radius 3 is 2.18 bits per heavy atom. The second kappa shape index (κ2) is 8.92. The Bertz CT molecular complexity index is 498. The van der Waals surface area contributed by atoms with Crippen molar-refractivity contribution in [2.24, 2.45) is 5.92 Å². The zero-order valence-electron chi connectivity index (χ0n) is 14.0. The van der Waals surface area contributed by atoms with E-state index < -0.39 is 0 Å². The van der Waals surface area contributed by atoms with Crippen LogP contribution in [0.25, 0.3) is 0 Å². The summed E-state index contributed by atoms with van der Waals surface area (Å²) in [5.41, 5.74) is 1.70. The van der Waals surface area contributed by atoms with Crippen molar-refractivity contribution < 1.29 is 0 Å². The van der Waals surface area contributed by atoms with Gasteiger partial charge in [-0.15, -0.1) is 0 Å². The van der Waals surface area contributed by atoms with Crippen LogP contribution in [0, 0.1) is 16.7 Å². The molecule has 3 heteroatoms. The Morgan fingerprint density at radius 1 is 1.18 bits per heavy atom. The second-order valence-corrected chi connectivity index (χ2v) is 6.74. The van der Waals surface area contributed by atoms with Crippen molar-refractivity contribution in [3.05, 3.63) is 29.4 Å². The minimum absolute atomic E-state index is 0.411. The molecule has 0 saturated heterocycles. The average Bonchev–Trinajstić information content (AvgIpc) is 3.39. The quantitative estimate of drug-likeness (QED) is 0.564. The van der Waals surface area contributed by atoms with Crippen LogP contribution in [0.5, 0.6) is 0 Å². The number of pyridine rings is 1. The molecule has 0 aliphatic heterocycles. The summed E-state index contributed by atoms with van der Waals surface area (Å²) in [6, 6.07) is 3.99. The van der Waals surface area contributed by atoms with Gasteiger partial charge in [0.1, 0.15) is 5.49 Å². The van der Waals surface area contributed by atoms with Crippen LogP contribution in [0.2, 0.25) is 0 Å². The van der Waals surface area contributed by atoms with E-state index in [0.717, 1.165) is 5.92 Å². The highest BCUT2D eigenvalue weighted by atomic mass is 15.0. The molecule has 0 spiro atoms. The van der Waals surface area contributed by atoms with Crippen molar-refractivity contribution in [2.75, 3.05) is 0 Å². The van der Waals surface area contributed by atoms with E-state index in [-0.39, 0.29) is 0 Å². The standard InChI is InChI=1S/C13H19N3.C6H12/c1-2-3-12(10-4-5-10)11-6-7-16(9-14)13(15)8-11;1-2-4-6-5-3-1/h6-10,12,14-15H,2-5H2,1H3;1-6H2. The first-order valence-corrected chi connectivity index (χ1v) is 9.03. The predicted molar refractivity (Wildman–Crippen MR) is 92.5 cm³/mol. The maximum Gasteiger partial charge on any atom is 0.130 e. The maximum absolute atomic E-state index is 7.81. The monoisotopic (exact) mass is 301 g/mol. The summed E-state index contributed by atoms with van der Waals surface area (Å²) >= 11 is 0. The van der Waals surface area contributed by atoms with Gasteiger partial charge >= 0.3 is 0 Å². The number of aromatic nitrogens is 1.